The molecule has 3 aromatic heterocycles. The molecule has 0 saturated carbocycles. The molecular formula is C15H11N3O. The van der Waals surface area contributed by atoms with Crippen LogP contribution in [0.4, 0.5) is 0 Å². The van der Waals surface area contributed by atoms with Crippen LogP contribution in [-0.4, -0.2) is 14.5 Å². The van der Waals surface area contributed by atoms with Crippen molar-refractivity contribution in [3.63, 3.8) is 0 Å². The van der Waals surface area contributed by atoms with E-state index in [1.54, 1.807) is 47.6 Å². The lowest BCUT2D eigenvalue weighted by Gasteiger charge is -2.07. The molecule has 4 nitrogen and oxygen atoms in total. The summed E-state index contributed by atoms with van der Waals surface area (Å²) in [6, 6.07) is 12.7. The third-order valence-electron chi connectivity index (χ3n) is 2.83. The molecule has 0 saturated heterocycles. The highest BCUT2D eigenvalue weighted by Gasteiger charge is 2.07. The molecule has 0 bridgehead atoms. The molecule has 0 aliphatic carbocycles. The Labute approximate surface area is 110 Å². The van der Waals surface area contributed by atoms with Gasteiger partial charge < -0.3 is 0 Å². The van der Waals surface area contributed by atoms with Crippen LogP contribution in [0.25, 0.3) is 16.9 Å². The number of nitrogens with zero attached hydrogens (tertiary/aromatic N) is 3. The monoisotopic (exact) mass is 249 g/mol. The second-order valence-electron chi connectivity index (χ2n) is 4.02. The van der Waals surface area contributed by atoms with Crippen LogP contribution in [-0.2, 0) is 0 Å². The van der Waals surface area contributed by atoms with Gasteiger partial charge >= 0.3 is 0 Å². The van der Waals surface area contributed by atoms with E-state index < -0.39 is 0 Å². The van der Waals surface area contributed by atoms with Crippen molar-refractivity contribution in [1.82, 2.24) is 14.5 Å². The molecule has 0 unspecified atom stereocenters. The predicted molar refractivity (Wildman–Crippen MR) is 73.1 cm³/mol. The first-order chi connectivity index (χ1) is 9.36. The highest BCUT2D eigenvalue weighted by Crippen LogP contribution is 2.12. The molecule has 0 atom stereocenters. The fourth-order valence-corrected chi connectivity index (χ4v) is 1.92. The zero-order valence-corrected chi connectivity index (χ0v) is 10.1. The van der Waals surface area contributed by atoms with Crippen molar-refractivity contribution >= 4 is 0 Å². The van der Waals surface area contributed by atoms with Crippen molar-refractivity contribution in [2.75, 3.05) is 0 Å². The van der Waals surface area contributed by atoms with Gasteiger partial charge in [0.05, 0.1) is 16.9 Å². The van der Waals surface area contributed by atoms with Gasteiger partial charge in [-0.1, -0.05) is 6.07 Å². The Hall–Kier alpha value is -2.75. The first-order valence-corrected chi connectivity index (χ1v) is 5.90. The van der Waals surface area contributed by atoms with E-state index in [1.165, 1.54) is 0 Å². The molecule has 0 amide bonds. The van der Waals surface area contributed by atoms with E-state index in [0.717, 1.165) is 5.69 Å². The Bertz CT molecular complexity index is 675. The molecule has 0 radical (unpaired) electrons. The number of hydrogen-bond acceptors (Lipinski definition) is 3. The summed E-state index contributed by atoms with van der Waals surface area (Å²) >= 11 is 0. The Balaban J connectivity index is 2.18. The summed E-state index contributed by atoms with van der Waals surface area (Å²) in [6.45, 7) is 0. The molecule has 0 N–H and O–H groups in total. The molecule has 0 fully saturated rings. The largest absolute Gasteiger partial charge is 0.284 e. The van der Waals surface area contributed by atoms with Gasteiger partial charge in [-0.15, -0.1) is 0 Å². The van der Waals surface area contributed by atoms with Crippen molar-refractivity contribution < 1.29 is 0 Å². The Morgan fingerprint density at radius 3 is 2.47 bits per heavy atom. The van der Waals surface area contributed by atoms with Crippen LogP contribution in [0.15, 0.2) is 72.0 Å². The number of rotatable bonds is 2. The Morgan fingerprint density at radius 2 is 1.74 bits per heavy atom. The highest BCUT2D eigenvalue weighted by molar-refractivity contribution is 5.58. The quantitative estimate of drug-likeness (QED) is 0.700. The third-order valence-corrected chi connectivity index (χ3v) is 2.83. The molecule has 0 aromatic carbocycles. The molecule has 3 aromatic rings. The molecule has 3 rings (SSSR count). The van der Waals surface area contributed by atoms with E-state index in [4.69, 9.17) is 0 Å². The minimum atomic E-state index is -0.0904. The van der Waals surface area contributed by atoms with Crippen LogP contribution in [0.1, 0.15) is 0 Å². The summed E-state index contributed by atoms with van der Waals surface area (Å²) in [5.74, 6) is 0. The standard InChI is InChI=1S/C15H11N3O/c19-15-13(14-5-1-2-8-17-14)4-3-11-18(15)12-6-9-16-10-7-12/h1-11H. The molecular weight excluding hydrogens is 238 g/mol. The van der Waals surface area contributed by atoms with Gasteiger partial charge in [-0.25, -0.2) is 0 Å². The summed E-state index contributed by atoms with van der Waals surface area (Å²) in [4.78, 5) is 20.6. The van der Waals surface area contributed by atoms with Crippen molar-refractivity contribution in [1.29, 1.82) is 0 Å². The zero-order chi connectivity index (χ0) is 13.1. The van der Waals surface area contributed by atoms with Gasteiger partial charge in [-0.05, 0) is 36.4 Å². The maximum absolute atomic E-state index is 12.5. The minimum absolute atomic E-state index is 0.0904. The van der Waals surface area contributed by atoms with Gasteiger partial charge in [0.1, 0.15) is 0 Å². The SMILES string of the molecule is O=c1c(-c2ccccn2)cccn1-c1ccncc1. The average Bonchev–Trinajstić information content (AvgIpc) is 2.49. The van der Waals surface area contributed by atoms with Crippen LogP contribution < -0.4 is 5.56 Å². The molecule has 19 heavy (non-hydrogen) atoms. The minimum Gasteiger partial charge on any atom is -0.284 e. The summed E-state index contributed by atoms with van der Waals surface area (Å²) < 4.78 is 1.59. The van der Waals surface area contributed by atoms with Gasteiger partial charge in [-0.3, -0.25) is 19.3 Å². The van der Waals surface area contributed by atoms with E-state index in [9.17, 15) is 4.79 Å². The second kappa shape index (κ2) is 4.86. The van der Waals surface area contributed by atoms with Gasteiger partial charge in [0.25, 0.3) is 5.56 Å². The molecule has 0 aliphatic heterocycles. The Kier molecular flexibility index (Phi) is 2.90. The van der Waals surface area contributed by atoms with E-state index >= 15 is 0 Å². The molecule has 4 heteroatoms. The summed E-state index contributed by atoms with van der Waals surface area (Å²) in [6.07, 6.45) is 6.74. The van der Waals surface area contributed by atoms with E-state index in [-0.39, 0.29) is 5.56 Å². The van der Waals surface area contributed by atoms with Crippen molar-refractivity contribution in [3.8, 4) is 16.9 Å². The fourth-order valence-electron chi connectivity index (χ4n) is 1.92. The lowest BCUT2D eigenvalue weighted by Crippen LogP contribution is -2.19. The maximum Gasteiger partial charge on any atom is 0.264 e. The van der Waals surface area contributed by atoms with Crippen molar-refractivity contribution in [2.24, 2.45) is 0 Å². The average molecular weight is 249 g/mol. The van der Waals surface area contributed by atoms with Crippen LogP contribution in [0.5, 0.6) is 0 Å². The molecule has 92 valence electrons. The van der Waals surface area contributed by atoms with Gasteiger partial charge in [0.15, 0.2) is 0 Å². The lowest BCUT2D eigenvalue weighted by molar-refractivity contribution is 0.985. The molecule has 0 aliphatic rings. The second-order valence-corrected chi connectivity index (χ2v) is 4.02. The normalized spacial score (nSPS) is 10.3. The third kappa shape index (κ3) is 2.15. The summed E-state index contributed by atoms with van der Waals surface area (Å²) in [5, 5.41) is 0. The first-order valence-electron chi connectivity index (χ1n) is 5.90. The van der Waals surface area contributed by atoms with Crippen molar-refractivity contribution in [3.05, 3.63) is 77.6 Å². The van der Waals surface area contributed by atoms with E-state index in [1.807, 2.05) is 24.3 Å². The smallest absolute Gasteiger partial charge is 0.264 e. The van der Waals surface area contributed by atoms with Crippen LogP contribution in [0.3, 0.4) is 0 Å². The van der Waals surface area contributed by atoms with Gasteiger partial charge in [-0.2, -0.15) is 0 Å². The highest BCUT2D eigenvalue weighted by atomic mass is 16.1. The number of pyridine rings is 3. The number of hydrogen-bond donors (Lipinski definition) is 0. The number of aromatic nitrogens is 3. The molecule has 3 heterocycles. The predicted octanol–water partition coefficient (Wildman–Crippen LogP) is 2.29. The first kappa shape index (κ1) is 11.3. The van der Waals surface area contributed by atoms with E-state index in [0.29, 0.717) is 11.3 Å². The van der Waals surface area contributed by atoms with Crippen LogP contribution >= 0.6 is 0 Å². The summed E-state index contributed by atoms with van der Waals surface area (Å²) in [7, 11) is 0. The van der Waals surface area contributed by atoms with Crippen LogP contribution in [0.2, 0.25) is 0 Å². The maximum atomic E-state index is 12.5. The Morgan fingerprint density at radius 1 is 0.895 bits per heavy atom. The van der Waals surface area contributed by atoms with Gasteiger partial charge in [0, 0.05) is 24.8 Å². The zero-order valence-electron chi connectivity index (χ0n) is 10.1. The fraction of sp³-hybridized carbons (Fsp3) is 0. The lowest BCUT2D eigenvalue weighted by atomic mass is 10.2. The molecule has 0 spiro atoms. The van der Waals surface area contributed by atoms with Crippen molar-refractivity contribution in [2.45, 2.75) is 0 Å². The van der Waals surface area contributed by atoms with Crippen LogP contribution in [0, 0.1) is 0 Å². The topological polar surface area (TPSA) is 47.8 Å². The van der Waals surface area contributed by atoms with E-state index in [2.05, 4.69) is 9.97 Å². The van der Waals surface area contributed by atoms with Gasteiger partial charge in [0.2, 0.25) is 0 Å². The summed E-state index contributed by atoms with van der Waals surface area (Å²) in [5.41, 5.74) is 1.96.